The van der Waals surface area contributed by atoms with E-state index in [4.69, 9.17) is 11.6 Å². The summed E-state index contributed by atoms with van der Waals surface area (Å²) in [5.41, 5.74) is 1.79. The molecule has 0 atom stereocenters. The molecule has 3 aromatic rings. The number of aromatic nitrogens is 4. The van der Waals surface area contributed by atoms with Gasteiger partial charge < -0.3 is 0 Å². The van der Waals surface area contributed by atoms with Crippen molar-refractivity contribution >= 4 is 28.3 Å². The smallest absolute Gasteiger partial charge is 0.223 e. The van der Waals surface area contributed by atoms with Gasteiger partial charge in [0.15, 0.2) is 11.6 Å². The number of hydrogen-bond acceptors (Lipinski definition) is 4. The fourth-order valence-electron chi connectivity index (χ4n) is 2.49. The number of halogens is 2. The number of fused-ring (bicyclic) bond motifs is 1. The number of nitrogens with zero attached hydrogens (tertiary/aromatic N) is 4. The summed E-state index contributed by atoms with van der Waals surface area (Å²) in [5, 5.41) is 5.01. The first-order chi connectivity index (χ1) is 10.9. The minimum atomic E-state index is -0.575. The van der Waals surface area contributed by atoms with E-state index in [9.17, 15) is 9.18 Å². The molecule has 0 fully saturated rings. The van der Waals surface area contributed by atoms with E-state index in [1.807, 2.05) is 13.8 Å². The molecular weight excluding hydrogens is 319 g/mol. The van der Waals surface area contributed by atoms with E-state index in [0.29, 0.717) is 16.6 Å². The fourth-order valence-corrected chi connectivity index (χ4v) is 2.62. The normalized spacial score (nSPS) is 11.4. The van der Waals surface area contributed by atoms with Crippen molar-refractivity contribution < 1.29 is 9.18 Å². The highest BCUT2D eigenvalue weighted by Gasteiger charge is 2.18. The first-order valence-corrected chi connectivity index (χ1v) is 7.48. The summed E-state index contributed by atoms with van der Waals surface area (Å²) in [5.74, 6) is -0.720. The minimum Gasteiger partial charge on any atom is -0.293 e. The summed E-state index contributed by atoms with van der Waals surface area (Å²) in [4.78, 5) is 19.4. The average Bonchev–Trinajstić information content (AvgIpc) is 2.88. The molecule has 0 aliphatic heterocycles. The van der Waals surface area contributed by atoms with Gasteiger partial charge in [0.25, 0.3) is 0 Å². The highest BCUT2D eigenvalue weighted by atomic mass is 35.5. The van der Waals surface area contributed by atoms with E-state index < -0.39 is 5.82 Å². The molecule has 0 aliphatic rings. The van der Waals surface area contributed by atoms with Crippen molar-refractivity contribution in [2.75, 3.05) is 0 Å². The Hall–Kier alpha value is -2.34. The molecule has 0 aliphatic carbocycles. The molecule has 0 saturated carbocycles. The van der Waals surface area contributed by atoms with Crippen molar-refractivity contribution in [1.82, 2.24) is 19.7 Å². The Labute approximate surface area is 137 Å². The van der Waals surface area contributed by atoms with Crippen LogP contribution in [0, 0.1) is 5.82 Å². The van der Waals surface area contributed by atoms with Gasteiger partial charge in [-0.05, 0) is 37.6 Å². The Kier molecular flexibility index (Phi) is 3.85. The van der Waals surface area contributed by atoms with Crippen LogP contribution in [0.25, 0.3) is 22.2 Å². The number of hydrogen-bond donors (Lipinski definition) is 0. The van der Waals surface area contributed by atoms with E-state index in [0.717, 1.165) is 11.7 Å². The van der Waals surface area contributed by atoms with Crippen molar-refractivity contribution in [2.24, 2.45) is 0 Å². The van der Waals surface area contributed by atoms with Crippen LogP contribution in [0.3, 0.4) is 0 Å². The van der Waals surface area contributed by atoms with Gasteiger partial charge in [0.1, 0.15) is 11.4 Å². The molecule has 0 unspecified atom stereocenters. The maximum absolute atomic E-state index is 14.0. The first kappa shape index (κ1) is 15.6. The second-order valence-corrected chi connectivity index (χ2v) is 5.85. The van der Waals surface area contributed by atoms with Crippen LogP contribution in [0.1, 0.15) is 37.3 Å². The Morgan fingerprint density at radius 3 is 2.74 bits per heavy atom. The van der Waals surface area contributed by atoms with Crippen molar-refractivity contribution in [3.63, 3.8) is 0 Å². The number of carbonyl (C=O) groups excluding carboxylic acids is 1. The van der Waals surface area contributed by atoms with Crippen LogP contribution in [0.15, 0.2) is 24.4 Å². The average molecular weight is 333 g/mol. The lowest BCUT2D eigenvalue weighted by Crippen LogP contribution is -2.04. The Morgan fingerprint density at radius 2 is 2.09 bits per heavy atom. The van der Waals surface area contributed by atoms with Gasteiger partial charge in [-0.25, -0.2) is 14.4 Å². The molecule has 2 heterocycles. The Morgan fingerprint density at radius 1 is 1.35 bits per heavy atom. The number of benzene rings is 1. The van der Waals surface area contributed by atoms with Gasteiger partial charge in [-0.2, -0.15) is 5.10 Å². The van der Waals surface area contributed by atoms with Crippen LogP contribution >= 0.6 is 11.6 Å². The maximum Gasteiger partial charge on any atom is 0.223 e. The Bertz CT molecular complexity index is 920. The van der Waals surface area contributed by atoms with Crippen LogP contribution in [0.4, 0.5) is 4.39 Å². The van der Waals surface area contributed by atoms with Crippen LogP contribution in [-0.2, 0) is 0 Å². The van der Waals surface area contributed by atoms with Crippen molar-refractivity contribution in [2.45, 2.75) is 26.8 Å². The summed E-state index contributed by atoms with van der Waals surface area (Å²) in [6, 6.07) is 5.34. The molecule has 0 spiro atoms. The zero-order valence-electron chi connectivity index (χ0n) is 12.8. The van der Waals surface area contributed by atoms with Gasteiger partial charge in [0.05, 0.1) is 11.7 Å². The molecule has 0 amide bonds. The van der Waals surface area contributed by atoms with Crippen LogP contribution in [-0.4, -0.2) is 25.5 Å². The topological polar surface area (TPSA) is 60.7 Å². The summed E-state index contributed by atoms with van der Waals surface area (Å²) >= 11 is 5.75. The number of rotatable bonds is 3. The molecule has 7 heteroatoms. The van der Waals surface area contributed by atoms with Gasteiger partial charge in [-0.15, -0.1) is 0 Å². The van der Waals surface area contributed by atoms with E-state index in [-0.39, 0.29) is 22.8 Å². The standard InChI is InChI=1S/C16H14ClFN4O/c1-8(2)22-13-5-4-10(6-11(13)14(21-22)9(3)23)15-12(18)7-19-16(17)20-15/h4-8H,1-3H3. The molecule has 0 N–H and O–H groups in total. The van der Waals surface area contributed by atoms with Crippen LogP contribution in [0.2, 0.25) is 5.28 Å². The third-order valence-electron chi connectivity index (χ3n) is 3.52. The molecule has 0 saturated heterocycles. The predicted octanol–water partition coefficient (Wildman–Crippen LogP) is 4.07. The summed E-state index contributed by atoms with van der Waals surface area (Å²) in [6.45, 7) is 5.42. The van der Waals surface area contributed by atoms with E-state index >= 15 is 0 Å². The first-order valence-electron chi connectivity index (χ1n) is 7.10. The lowest BCUT2D eigenvalue weighted by Gasteiger charge is -2.07. The van der Waals surface area contributed by atoms with Gasteiger partial charge in [0.2, 0.25) is 5.28 Å². The second-order valence-electron chi connectivity index (χ2n) is 5.51. The predicted molar refractivity (Wildman–Crippen MR) is 86.1 cm³/mol. The zero-order valence-corrected chi connectivity index (χ0v) is 13.6. The van der Waals surface area contributed by atoms with Crippen LogP contribution < -0.4 is 0 Å². The van der Waals surface area contributed by atoms with Gasteiger partial charge >= 0.3 is 0 Å². The molecule has 23 heavy (non-hydrogen) atoms. The Balaban J connectivity index is 2.28. The molecule has 2 aromatic heterocycles. The minimum absolute atomic E-state index is 0.0360. The molecule has 0 radical (unpaired) electrons. The quantitative estimate of drug-likeness (QED) is 0.536. The SMILES string of the molecule is CC(=O)c1nn(C(C)C)c2ccc(-c3nc(Cl)ncc3F)cc12. The summed E-state index contributed by atoms with van der Waals surface area (Å²) in [6.07, 6.45) is 1.03. The molecule has 3 rings (SSSR count). The van der Waals surface area contributed by atoms with E-state index in [2.05, 4.69) is 15.1 Å². The number of ketones is 1. The molecular formula is C16H14ClFN4O. The highest BCUT2D eigenvalue weighted by molar-refractivity contribution is 6.28. The highest BCUT2D eigenvalue weighted by Crippen LogP contribution is 2.29. The van der Waals surface area contributed by atoms with Gasteiger partial charge in [-0.3, -0.25) is 9.48 Å². The van der Waals surface area contributed by atoms with Crippen molar-refractivity contribution in [1.29, 1.82) is 0 Å². The summed E-state index contributed by atoms with van der Waals surface area (Å²) in [7, 11) is 0. The second kappa shape index (κ2) is 5.70. The lowest BCUT2D eigenvalue weighted by molar-refractivity contribution is 0.101. The van der Waals surface area contributed by atoms with Crippen LogP contribution in [0.5, 0.6) is 0 Å². The molecule has 5 nitrogen and oxygen atoms in total. The summed E-state index contributed by atoms with van der Waals surface area (Å²) < 4.78 is 15.8. The number of Topliss-reactive ketones (excluding diaryl/α,β-unsaturated/α-hetero) is 1. The zero-order chi connectivity index (χ0) is 16.7. The van der Waals surface area contributed by atoms with Gasteiger partial charge in [0, 0.05) is 23.9 Å². The van der Waals surface area contributed by atoms with Gasteiger partial charge in [-0.1, -0.05) is 6.07 Å². The monoisotopic (exact) mass is 332 g/mol. The van der Waals surface area contributed by atoms with Crippen molar-refractivity contribution in [3.05, 3.63) is 41.2 Å². The fraction of sp³-hybridized carbons (Fsp3) is 0.250. The molecule has 1 aromatic carbocycles. The maximum atomic E-state index is 14.0. The molecule has 118 valence electrons. The van der Waals surface area contributed by atoms with E-state index in [1.165, 1.54) is 6.92 Å². The third kappa shape index (κ3) is 2.70. The van der Waals surface area contributed by atoms with E-state index in [1.54, 1.807) is 22.9 Å². The number of carbonyl (C=O) groups is 1. The van der Waals surface area contributed by atoms with Crippen molar-refractivity contribution in [3.8, 4) is 11.3 Å². The third-order valence-corrected chi connectivity index (χ3v) is 3.70. The largest absolute Gasteiger partial charge is 0.293 e. The lowest BCUT2D eigenvalue weighted by atomic mass is 10.1. The molecule has 0 bridgehead atoms.